The Balaban J connectivity index is 1.93. The molecular weight excluding hydrogens is 499 g/mol. The Bertz CT molecular complexity index is 1290. The van der Waals surface area contributed by atoms with Gasteiger partial charge in [-0.25, -0.2) is 4.79 Å². The molecule has 1 aliphatic carbocycles. The molecule has 200 valence electrons. The Morgan fingerprint density at radius 1 is 0.816 bits per heavy atom. The van der Waals surface area contributed by atoms with Crippen LogP contribution in [0, 0.1) is 0 Å². The first-order chi connectivity index (χ1) is 18.2. The van der Waals surface area contributed by atoms with Crippen molar-refractivity contribution < 1.29 is 23.1 Å². The molecule has 7 nitrogen and oxygen atoms in total. The van der Waals surface area contributed by atoms with Gasteiger partial charge in [-0.05, 0) is 51.3 Å². The largest absolute Gasteiger partial charge is 0.444 e. The van der Waals surface area contributed by atoms with E-state index in [1.807, 2.05) is 78.9 Å². The molecule has 8 heteroatoms. The van der Waals surface area contributed by atoms with Crippen LogP contribution in [0.4, 0.5) is 4.79 Å². The Labute approximate surface area is 224 Å². The second-order valence-electron chi connectivity index (χ2n) is 9.89. The molecule has 2 atom stereocenters. The quantitative estimate of drug-likeness (QED) is 0.227. The summed E-state index contributed by atoms with van der Waals surface area (Å²) < 4.78 is 31.7. The summed E-state index contributed by atoms with van der Waals surface area (Å²) in [6.07, 6.45) is -0.650. The predicted molar refractivity (Wildman–Crippen MR) is 151 cm³/mol. The van der Waals surface area contributed by atoms with Crippen LogP contribution in [-0.4, -0.2) is 36.4 Å². The molecule has 0 radical (unpaired) electrons. The van der Waals surface area contributed by atoms with Crippen molar-refractivity contribution in [3.63, 3.8) is 0 Å². The van der Waals surface area contributed by atoms with Gasteiger partial charge in [0.1, 0.15) is 5.60 Å². The minimum absolute atomic E-state index is 0.153. The van der Waals surface area contributed by atoms with Gasteiger partial charge in [0, 0.05) is 11.1 Å². The topological polar surface area (TPSA) is 86.2 Å². The van der Waals surface area contributed by atoms with Gasteiger partial charge in [-0.2, -0.15) is 0 Å². The second kappa shape index (κ2) is 11.6. The number of fused-ring (bicyclic) bond motifs is 3. The van der Waals surface area contributed by atoms with Crippen molar-refractivity contribution in [1.29, 1.82) is 0 Å². The first kappa shape index (κ1) is 27.8. The molecule has 0 aliphatic heterocycles. The zero-order valence-corrected chi connectivity index (χ0v) is 23.4. The lowest BCUT2D eigenvalue weighted by atomic mass is 10.1. The Morgan fingerprint density at radius 3 is 1.76 bits per heavy atom. The summed E-state index contributed by atoms with van der Waals surface area (Å²) in [5.74, 6) is -1.09. The van der Waals surface area contributed by atoms with Crippen LogP contribution in [-0.2, 0) is 18.3 Å². The summed E-state index contributed by atoms with van der Waals surface area (Å²) >= 11 is 0. The molecule has 1 amide bonds. The SMILES string of the molecule is CCOP(=O)(OCC)C(N=C1c2ccccc2-c2ccccc21)C(NC(=O)OC(C)(C)C)c1ccccc1. The van der Waals surface area contributed by atoms with Crippen molar-refractivity contribution in [3.05, 3.63) is 95.6 Å². The number of aliphatic imine (C=N–C) groups is 1. The van der Waals surface area contributed by atoms with Crippen molar-refractivity contribution in [2.45, 2.75) is 52.0 Å². The molecule has 0 fully saturated rings. The fourth-order valence-corrected chi connectivity index (χ4v) is 6.54. The number of benzene rings is 3. The van der Waals surface area contributed by atoms with Crippen molar-refractivity contribution in [2.24, 2.45) is 4.99 Å². The van der Waals surface area contributed by atoms with Crippen LogP contribution in [0.3, 0.4) is 0 Å². The number of carbonyl (C=O) groups excluding carboxylic acids is 1. The van der Waals surface area contributed by atoms with Gasteiger partial charge in [0.2, 0.25) is 0 Å². The number of amides is 1. The van der Waals surface area contributed by atoms with E-state index in [9.17, 15) is 9.36 Å². The third-order valence-corrected chi connectivity index (χ3v) is 8.28. The van der Waals surface area contributed by atoms with E-state index in [-0.39, 0.29) is 13.2 Å². The highest BCUT2D eigenvalue weighted by Gasteiger charge is 2.44. The van der Waals surface area contributed by atoms with E-state index >= 15 is 0 Å². The van der Waals surface area contributed by atoms with Crippen LogP contribution >= 0.6 is 7.60 Å². The third kappa shape index (κ3) is 6.07. The number of hydrogen-bond donors (Lipinski definition) is 1. The number of nitrogens with zero attached hydrogens (tertiary/aromatic N) is 1. The molecule has 0 aromatic heterocycles. The summed E-state index contributed by atoms with van der Waals surface area (Å²) in [7, 11) is -3.89. The maximum absolute atomic E-state index is 14.5. The highest BCUT2D eigenvalue weighted by Crippen LogP contribution is 2.58. The van der Waals surface area contributed by atoms with Gasteiger partial charge in [-0.1, -0.05) is 78.9 Å². The van der Waals surface area contributed by atoms with E-state index in [0.29, 0.717) is 11.3 Å². The maximum atomic E-state index is 14.5. The molecular formula is C30H35N2O5P. The van der Waals surface area contributed by atoms with Gasteiger partial charge in [0.05, 0.1) is 25.0 Å². The smallest absolute Gasteiger partial charge is 0.408 e. The molecule has 1 N–H and O–H groups in total. The molecule has 0 saturated carbocycles. The number of alkyl carbamates (subject to hydrolysis) is 1. The average molecular weight is 535 g/mol. The number of rotatable bonds is 9. The van der Waals surface area contributed by atoms with Crippen molar-refractivity contribution in [2.75, 3.05) is 13.2 Å². The molecule has 4 rings (SSSR count). The average Bonchev–Trinajstić information content (AvgIpc) is 3.19. The molecule has 2 unspecified atom stereocenters. The number of hydrogen-bond acceptors (Lipinski definition) is 6. The number of nitrogens with one attached hydrogen (secondary N) is 1. The first-order valence-electron chi connectivity index (χ1n) is 12.9. The van der Waals surface area contributed by atoms with Crippen molar-refractivity contribution in [3.8, 4) is 11.1 Å². The summed E-state index contributed by atoms with van der Waals surface area (Å²) in [5, 5.41) is 2.93. The van der Waals surface area contributed by atoms with E-state index in [1.54, 1.807) is 34.6 Å². The number of ether oxygens (including phenoxy) is 1. The molecule has 0 heterocycles. The van der Waals surface area contributed by atoms with Crippen molar-refractivity contribution in [1.82, 2.24) is 5.32 Å². The Kier molecular flexibility index (Phi) is 8.51. The fraction of sp³-hybridized carbons (Fsp3) is 0.333. The minimum atomic E-state index is -3.89. The molecule has 0 spiro atoms. The van der Waals surface area contributed by atoms with E-state index in [1.165, 1.54) is 0 Å². The molecule has 38 heavy (non-hydrogen) atoms. The second-order valence-corrected chi connectivity index (χ2v) is 12.0. The third-order valence-electron chi connectivity index (χ3n) is 5.99. The summed E-state index contributed by atoms with van der Waals surface area (Å²) in [4.78, 5) is 18.2. The predicted octanol–water partition coefficient (Wildman–Crippen LogP) is 7.36. The zero-order valence-electron chi connectivity index (χ0n) is 22.5. The van der Waals surface area contributed by atoms with Crippen LogP contribution in [0.15, 0.2) is 83.9 Å². The summed E-state index contributed by atoms with van der Waals surface area (Å²) in [6.45, 7) is 9.20. The molecule has 1 aliphatic rings. The lowest BCUT2D eigenvalue weighted by Gasteiger charge is -2.32. The lowest BCUT2D eigenvalue weighted by Crippen LogP contribution is -2.40. The van der Waals surface area contributed by atoms with Crippen LogP contribution in [0.5, 0.6) is 0 Å². The van der Waals surface area contributed by atoms with Gasteiger partial charge in [-0.15, -0.1) is 0 Å². The standard InChI is InChI=1S/C30H35N2O5P/c1-6-35-38(34,36-7-2)28(26(21-15-9-8-10-16-21)32-29(33)37-30(3,4)5)31-27-24-19-13-11-17-22(24)23-18-12-14-20-25(23)27/h8-20,26,28H,6-7H2,1-5H3,(H,32,33). The van der Waals surface area contributed by atoms with Crippen LogP contribution in [0.25, 0.3) is 11.1 Å². The van der Waals surface area contributed by atoms with Gasteiger partial charge in [0.25, 0.3) is 0 Å². The van der Waals surface area contributed by atoms with E-state index < -0.39 is 31.1 Å². The molecule has 0 saturated heterocycles. The normalized spacial score (nSPS) is 14.3. The minimum Gasteiger partial charge on any atom is -0.444 e. The maximum Gasteiger partial charge on any atom is 0.408 e. The van der Waals surface area contributed by atoms with Crippen LogP contribution in [0.1, 0.15) is 57.4 Å². The Morgan fingerprint density at radius 2 is 1.29 bits per heavy atom. The van der Waals surface area contributed by atoms with E-state index in [2.05, 4.69) is 5.32 Å². The first-order valence-corrected chi connectivity index (χ1v) is 14.5. The van der Waals surface area contributed by atoms with Gasteiger partial charge < -0.3 is 19.1 Å². The van der Waals surface area contributed by atoms with Gasteiger partial charge in [-0.3, -0.25) is 9.56 Å². The van der Waals surface area contributed by atoms with Gasteiger partial charge in [0.15, 0.2) is 5.78 Å². The van der Waals surface area contributed by atoms with Crippen LogP contribution < -0.4 is 5.32 Å². The zero-order chi connectivity index (χ0) is 27.3. The number of carbonyl (C=O) groups is 1. The molecule has 0 bridgehead atoms. The van der Waals surface area contributed by atoms with Crippen molar-refractivity contribution >= 4 is 19.4 Å². The molecule has 3 aromatic rings. The Hall–Kier alpha value is -3.25. The highest BCUT2D eigenvalue weighted by molar-refractivity contribution is 7.54. The van der Waals surface area contributed by atoms with Crippen LogP contribution in [0.2, 0.25) is 0 Å². The molecule has 3 aromatic carbocycles. The summed E-state index contributed by atoms with van der Waals surface area (Å²) in [5.41, 5.74) is 4.57. The lowest BCUT2D eigenvalue weighted by molar-refractivity contribution is 0.0500. The monoisotopic (exact) mass is 534 g/mol. The van der Waals surface area contributed by atoms with E-state index in [4.69, 9.17) is 18.8 Å². The fourth-order valence-electron chi connectivity index (χ4n) is 4.57. The summed E-state index contributed by atoms with van der Waals surface area (Å²) in [6, 6.07) is 24.4. The highest BCUT2D eigenvalue weighted by atomic mass is 31.2. The van der Waals surface area contributed by atoms with Gasteiger partial charge >= 0.3 is 13.7 Å². The van der Waals surface area contributed by atoms with E-state index in [0.717, 1.165) is 22.3 Å².